The van der Waals surface area contributed by atoms with Crippen molar-refractivity contribution in [3.05, 3.63) is 29.3 Å². The second-order valence-corrected chi connectivity index (χ2v) is 9.64. The van der Waals surface area contributed by atoms with Crippen molar-refractivity contribution in [3.8, 4) is 29.9 Å². The van der Waals surface area contributed by atoms with Crippen molar-refractivity contribution in [2.45, 2.75) is 75.9 Å². The molecule has 9 heteroatoms. The van der Waals surface area contributed by atoms with Crippen LogP contribution in [0.3, 0.4) is 0 Å². The highest BCUT2D eigenvalue weighted by molar-refractivity contribution is 5.45. The van der Waals surface area contributed by atoms with E-state index in [4.69, 9.17) is 49.1 Å². The minimum atomic E-state index is -1.02. The van der Waals surface area contributed by atoms with Crippen molar-refractivity contribution in [1.82, 2.24) is 0 Å². The minimum Gasteiger partial charge on any atom is -0.493 e. The van der Waals surface area contributed by atoms with Gasteiger partial charge in [0.2, 0.25) is 23.1 Å². The summed E-state index contributed by atoms with van der Waals surface area (Å²) in [5, 5.41) is 0. The largest absolute Gasteiger partial charge is 0.493 e. The summed E-state index contributed by atoms with van der Waals surface area (Å²) in [7, 11) is 6.21. The van der Waals surface area contributed by atoms with Crippen LogP contribution < -0.4 is 4.74 Å². The fourth-order valence-corrected chi connectivity index (χ4v) is 4.27. The molecule has 1 aromatic rings. The lowest BCUT2D eigenvalue weighted by molar-refractivity contribution is -0.424. The zero-order chi connectivity index (χ0) is 28.0. The van der Waals surface area contributed by atoms with Gasteiger partial charge in [-0.1, -0.05) is 17.8 Å². The SMILES string of the molecule is C#CC1COC(C)(OC)C(C)(OC)O1.COC1(C)OCC(C#Cc2ccc3c(c2)CCCO3)OC1(C)OC. The van der Waals surface area contributed by atoms with Gasteiger partial charge in [-0.25, -0.2) is 0 Å². The first-order chi connectivity index (χ1) is 18.0. The van der Waals surface area contributed by atoms with Crippen LogP contribution in [-0.4, -0.2) is 83.6 Å². The van der Waals surface area contributed by atoms with Crippen LogP contribution in [-0.2, 0) is 44.3 Å². The molecule has 2 saturated heterocycles. The fourth-order valence-electron chi connectivity index (χ4n) is 4.27. The topological polar surface area (TPSA) is 83.1 Å². The maximum absolute atomic E-state index is 5.99. The molecule has 6 unspecified atom stereocenters. The maximum Gasteiger partial charge on any atom is 0.221 e. The minimum absolute atomic E-state index is 0.305. The molecule has 0 saturated carbocycles. The molecule has 1 aromatic carbocycles. The van der Waals surface area contributed by atoms with Crippen molar-refractivity contribution in [2.24, 2.45) is 0 Å². The molecule has 38 heavy (non-hydrogen) atoms. The lowest BCUT2D eigenvalue weighted by Crippen LogP contribution is -2.62. The highest BCUT2D eigenvalue weighted by Crippen LogP contribution is 2.37. The molecule has 3 heterocycles. The van der Waals surface area contributed by atoms with Crippen molar-refractivity contribution in [1.29, 1.82) is 0 Å². The van der Waals surface area contributed by atoms with Crippen LogP contribution in [0.2, 0.25) is 0 Å². The van der Waals surface area contributed by atoms with Gasteiger partial charge in [-0.2, -0.15) is 0 Å². The van der Waals surface area contributed by atoms with E-state index in [1.807, 2.05) is 12.1 Å². The molecule has 0 radical (unpaired) electrons. The Balaban J connectivity index is 0.000000244. The summed E-state index contributed by atoms with van der Waals surface area (Å²) in [5.74, 6) is 5.81. The summed E-state index contributed by atoms with van der Waals surface area (Å²) in [5.41, 5.74) is 2.16. The number of terminal acetylenes is 1. The predicted octanol–water partition coefficient (Wildman–Crippen LogP) is 3.26. The van der Waals surface area contributed by atoms with Gasteiger partial charge in [0.25, 0.3) is 0 Å². The first-order valence-electron chi connectivity index (χ1n) is 12.6. The predicted molar refractivity (Wildman–Crippen MR) is 139 cm³/mol. The van der Waals surface area contributed by atoms with Gasteiger partial charge in [0, 0.05) is 34.0 Å². The van der Waals surface area contributed by atoms with Crippen LogP contribution in [0.4, 0.5) is 0 Å². The summed E-state index contributed by atoms with van der Waals surface area (Å²) in [4.78, 5) is 0. The lowest BCUT2D eigenvalue weighted by Gasteiger charge is -2.47. The number of hydrogen-bond acceptors (Lipinski definition) is 9. The number of aryl methyl sites for hydroxylation is 1. The second kappa shape index (κ2) is 12.3. The Kier molecular flexibility index (Phi) is 9.86. The Morgan fingerprint density at radius 3 is 1.92 bits per heavy atom. The summed E-state index contributed by atoms with van der Waals surface area (Å²) in [6.45, 7) is 8.50. The first-order valence-corrected chi connectivity index (χ1v) is 12.6. The highest BCUT2D eigenvalue weighted by atomic mass is 16.8. The molecular weight excluding hydrogens is 492 g/mol. The number of rotatable bonds is 4. The van der Waals surface area contributed by atoms with E-state index >= 15 is 0 Å². The van der Waals surface area contributed by atoms with Gasteiger partial charge in [-0.05, 0) is 64.3 Å². The van der Waals surface area contributed by atoms with Gasteiger partial charge >= 0.3 is 0 Å². The Hall–Kier alpha value is -2.18. The molecular formula is C29H40O9. The van der Waals surface area contributed by atoms with Crippen molar-refractivity contribution >= 4 is 0 Å². The van der Waals surface area contributed by atoms with Gasteiger partial charge in [0.05, 0.1) is 19.8 Å². The molecule has 2 fully saturated rings. The molecule has 0 bridgehead atoms. The average Bonchev–Trinajstić information content (AvgIpc) is 2.95. The smallest absolute Gasteiger partial charge is 0.221 e. The molecule has 0 aliphatic carbocycles. The maximum atomic E-state index is 5.99. The summed E-state index contributed by atoms with van der Waals surface area (Å²) in [6.07, 6.45) is 6.55. The van der Waals surface area contributed by atoms with Gasteiger partial charge in [0.1, 0.15) is 18.0 Å². The number of hydrogen-bond donors (Lipinski definition) is 0. The van der Waals surface area contributed by atoms with E-state index in [1.54, 1.807) is 41.9 Å². The Morgan fingerprint density at radius 2 is 1.37 bits per heavy atom. The van der Waals surface area contributed by atoms with E-state index in [2.05, 4.69) is 23.8 Å². The summed E-state index contributed by atoms with van der Waals surface area (Å²) < 4.78 is 49.9. The zero-order valence-electron chi connectivity index (χ0n) is 23.7. The quantitative estimate of drug-likeness (QED) is 0.543. The Bertz CT molecular complexity index is 1060. The van der Waals surface area contributed by atoms with Crippen LogP contribution >= 0.6 is 0 Å². The van der Waals surface area contributed by atoms with Gasteiger partial charge in [-0.3, -0.25) is 0 Å². The normalized spacial score (nSPS) is 36.3. The first kappa shape index (κ1) is 30.4. The van der Waals surface area contributed by atoms with Gasteiger partial charge < -0.3 is 42.6 Å². The van der Waals surface area contributed by atoms with Crippen LogP contribution in [0.1, 0.15) is 45.2 Å². The van der Waals surface area contributed by atoms with E-state index < -0.39 is 29.3 Å². The highest BCUT2D eigenvalue weighted by Gasteiger charge is 2.54. The number of fused-ring (bicyclic) bond motifs is 1. The van der Waals surface area contributed by atoms with Crippen molar-refractivity contribution in [2.75, 3.05) is 48.3 Å². The Labute approximate surface area is 226 Å². The summed E-state index contributed by atoms with van der Waals surface area (Å²) in [6, 6.07) is 6.04. The van der Waals surface area contributed by atoms with Gasteiger partial charge in [-0.15, -0.1) is 6.42 Å². The van der Waals surface area contributed by atoms with E-state index in [-0.39, 0.29) is 6.10 Å². The van der Waals surface area contributed by atoms with E-state index in [1.165, 1.54) is 19.8 Å². The third-order valence-corrected chi connectivity index (χ3v) is 7.43. The summed E-state index contributed by atoms with van der Waals surface area (Å²) >= 11 is 0. The third kappa shape index (κ3) is 6.17. The lowest BCUT2D eigenvalue weighted by atomic mass is 10.0. The fraction of sp³-hybridized carbons (Fsp3) is 0.655. The average molecular weight is 533 g/mol. The molecule has 3 aliphatic heterocycles. The molecule has 4 rings (SSSR count). The molecule has 0 amide bonds. The van der Waals surface area contributed by atoms with Crippen LogP contribution in [0.15, 0.2) is 18.2 Å². The second-order valence-electron chi connectivity index (χ2n) is 9.64. The molecule has 0 spiro atoms. The van der Waals surface area contributed by atoms with E-state index in [9.17, 15) is 0 Å². The molecule has 9 nitrogen and oxygen atoms in total. The van der Waals surface area contributed by atoms with Crippen molar-refractivity contribution < 1.29 is 42.6 Å². The molecule has 6 atom stereocenters. The number of benzene rings is 1. The molecule has 0 N–H and O–H groups in total. The molecule has 3 aliphatic rings. The zero-order valence-corrected chi connectivity index (χ0v) is 23.7. The molecule has 0 aromatic heterocycles. The Morgan fingerprint density at radius 1 is 0.816 bits per heavy atom. The van der Waals surface area contributed by atoms with Gasteiger partial charge in [0.15, 0.2) is 0 Å². The van der Waals surface area contributed by atoms with Crippen LogP contribution in [0, 0.1) is 24.2 Å². The number of ether oxygens (including phenoxy) is 9. The standard InChI is InChI=1S/C19H24O5.C10H16O4/c1-18(20-3)19(2,21-4)24-16(13-23-18)9-7-14-8-10-17-15(12-14)6-5-11-22-17;1-6-8-7-13-9(2,11-4)10(3,12-5)14-8/h8,10,12,16H,5-6,11,13H2,1-4H3;1,8H,7H2,2-5H3. The number of methoxy groups -OCH3 is 4. The van der Waals surface area contributed by atoms with Crippen molar-refractivity contribution in [3.63, 3.8) is 0 Å². The van der Waals surface area contributed by atoms with E-state index in [0.717, 1.165) is 30.8 Å². The third-order valence-electron chi connectivity index (χ3n) is 7.43. The molecule has 210 valence electrons. The monoisotopic (exact) mass is 532 g/mol. The van der Waals surface area contributed by atoms with E-state index in [0.29, 0.717) is 13.2 Å². The van der Waals surface area contributed by atoms with Crippen LogP contribution in [0.5, 0.6) is 5.75 Å². The van der Waals surface area contributed by atoms with Crippen LogP contribution in [0.25, 0.3) is 0 Å².